The number of hydrogen-bond donors (Lipinski definition) is 2. The highest BCUT2D eigenvalue weighted by molar-refractivity contribution is 5.76. The Labute approximate surface area is 73.9 Å². The molecule has 0 aliphatic carbocycles. The molecule has 0 fully saturated rings. The standard InChI is InChI=1S/C9H16N2O/c1-4-9(7-8(2)12)11-6-5-10-3/h1,9-11H,5-7H2,2-3H3/t9-/m1/s1. The van der Waals surface area contributed by atoms with E-state index in [1.165, 1.54) is 0 Å². The minimum atomic E-state index is -0.115. The van der Waals surface area contributed by atoms with Crippen molar-refractivity contribution in [2.24, 2.45) is 0 Å². The third kappa shape index (κ3) is 5.90. The van der Waals surface area contributed by atoms with Crippen LogP contribution in [0.3, 0.4) is 0 Å². The van der Waals surface area contributed by atoms with Crippen molar-refractivity contribution in [3.05, 3.63) is 0 Å². The van der Waals surface area contributed by atoms with E-state index in [4.69, 9.17) is 6.42 Å². The predicted octanol–water partition coefficient (Wildman–Crippen LogP) is -0.224. The quantitative estimate of drug-likeness (QED) is 0.425. The smallest absolute Gasteiger partial charge is 0.132 e. The molecule has 0 aromatic heterocycles. The zero-order chi connectivity index (χ0) is 9.40. The molecule has 0 amide bonds. The average Bonchev–Trinajstić information content (AvgIpc) is 2.02. The van der Waals surface area contributed by atoms with Crippen LogP contribution in [0.5, 0.6) is 0 Å². The number of likely N-dealkylation sites (N-methyl/N-ethyl adjacent to an activating group) is 1. The maximum Gasteiger partial charge on any atom is 0.132 e. The van der Waals surface area contributed by atoms with Crippen molar-refractivity contribution in [2.45, 2.75) is 19.4 Å². The molecule has 0 unspecified atom stereocenters. The summed E-state index contributed by atoms with van der Waals surface area (Å²) in [5.41, 5.74) is 0. The van der Waals surface area contributed by atoms with Crippen molar-refractivity contribution in [1.82, 2.24) is 10.6 Å². The van der Waals surface area contributed by atoms with Gasteiger partial charge in [-0.25, -0.2) is 0 Å². The first-order valence-electron chi connectivity index (χ1n) is 4.04. The number of Topliss-reactive ketones (excluding diaryl/α,β-unsaturated/α-hetero) is 1. The molecule has 0 spiro atoms. The predicted molar refractivity (Wildman–Crippen MR) is 49.8 cm³/mol. The second-order valence-corrected chi connectivity index (χ2v) is 2.68. The first-order valence-corrected chi connectivity index (χ1v) is 4.04. The third-order valence-corrected chi connectivity index (χ3v) is 1.46. The number of nitrogens with one attached hydrogen (secondary N) is 2. The van der Waals surface area contributed by atoms with Crippen LogP contribution in [0.1, 0.15) is 13.3 Å². The van der Waals surface area contributed by atoms with Crippen LogP contribution in [0.4, 0.5) is 0 Å². The normalized spacial score (nSPS) is 12.1. The van der Waals surface area contributed by atoms with Gasteiger partial charge in [0.05, 0.1) is 6.04 Å². The molecule has 0 aromatic carbocycles. The summed E-state index contributed by atoms with van der Waals surface area (Å²) in [4.78, 5) is 10.7. The summed E-state index contributed by atoms with van der Waals surface area (Å²) in [5, 5.41) is 6.07. The van der Waals surface area contributed by atoms with Crippen LogP contribution in [0.2, 0.25) is 0 Å². The minimum absolute atomic E-state index is 0.115. The fourth-order valence-corrected chi connectivity index (χ4v) is 0.849. The lowest BCUT2D eigenvalue weighted by atomic mass is 10.1. The van der Waals surface area contributed by atoms with Gasteiger partial charge in [-0.05, 0) is 14.0 Å². The molecule has 0 saturated heterocycles. The molecule has 3 heteroatoms. The molecule has 0 aromatic rings. The van der Waals surface area contributed by atoms with Crippen molar-refractivity contribution < 1.29 is 4.79 Å². The van der Waals surface area contributed by atoms with Crippen LogP contribution >= 0.6 is 0 Å². The summed E-state index contributed by atoms with van der Waals surface area (Å²) in [6.45, 7) is 3.19. The Morgan fingerprint density at radius 1 is 1.58 bits per heavy atom. The van der Waals surface area contributed by atoms with E-state index in [0.717, 1.165) is 13.1 Å². The van der Waals surface area contributed by atoms with Gasteiger partial charge in [0.2, 0.25) is 0 Å². The average molecular weight is 168 g/mol. The van der Waals surface area contributed by atoms with Crippen LogP contribution in [0.15, 0.2) is 0 Å². The highest BCUT2D eigenvalue weighted by Gasteiger charge is 2.05. The second kappa shape index (κ2) is 6.84. The van der Waals surface area contributed by atoms with Gasteiger partial charge in [0, 0.05) is 19.5 Å². The molecule has 2 N–H and O–H groups in total. The third-order valence-electron chi connectivity index (χ3n) is 1.46. The first kappa shape index (κ1) is 11.2. The van der Waals surface area contributed by atoms with Crippen LogP contribution in [-0.4, -0.2) is 32.0 Å². The molecular weight excluding hydrogens is 152 g/mol. The fraction of sp³-hybridized carbons (Fsp3) is 0.667. The van der Waals surface area contributed by atoms with Gasteiger partial charge in [-0.2, -0.15) is 0 Å². The Morgan fingerprint density at radius 3 is 2.67 bits per heavy atom. The lowest BCUT2D eigenvalue weighted by molar-refractivity contribution is -0.117. The largest absolute Gasteiger partial charge is 0.318 e. The topological polar surface area (TPSA) is 41.1 Å². The van der Waals surface area contributed by atoms with Gasteiger partial charge in [0.15, 0.2) is 0 Å². The Morgan fingerprint density at radius 2 is 2.25 bits per heavy atom. The van der Waals surface area contributed by atoms with E-state index in [2.05, 4.69) is 16.6 Å². The van der Waals surface area contributed by atoms with E-state index >= 15 is 0 Å². The number of rotatable bonds is 6. The van der Waals surface area contributed by atoms with Crippen molar-refractivity contribution in [2.75, 3.05) is 20.1 Å². The SMILES string of the molecule is C#C[C@H](CC(C)=O)NCCNC. The minimum Gasteiger partial charge on any atom is -0.318 e. The van der Waals surface area contributed by atoms with E-state index in [-0.39, 0.29) is 11.8 Å². The molecule has 68 valence electrons. The summed E-state index contributed by atoms with van der Waals surface area (Å²) < 4.78 is 0. The lowest BCUT2D eigenvalue weighted by Gasteiger charge is -2.10. The molecule has 0 saturated carbocycles. The molecule has 0 aliphatic heterocycles. The van der Waals surface area contributed by atoms with Gasteiger partial charge in [-0.1, -0.05) is 5.92 Å². The zero-order valence-electron chi connectivity index (χ0n) is 7.68. The summed E-state index contributed by atoms with van der Waals surface area (Å²) in [6.07, 6.45) is 5.64. The molecule has 0 heterocycles. The van der Waals surface area contributed by atoms with Gasteiger partial charge in [-0.3, -0.25) is 4.79 Å². The Hall–Kier alpha value is -0.850. The number of ketones is 1. The van der Waals surface area contributed by atoms with E-state index in [0.29, 0.717) is 6.42 Å². The summed E-state index contributed by atoms with van der Waals surface area (Å²) >= 11 is 0. The molecule has 3 nitrogen and oxygen atoms in total. The highest BCUT2D eigenvalue weighted by Crippen LogP contribution is 1.90. The van der Waals surface area contributed by atoms with Crippen LogP contribution in [-0.2, 0) is 4.79 Å². The Bertz CT molecular complexity index is 172. The first-order chi connectivity index (χ1) is 5.70. The summed E-state index contributed by atoms with van der Waals surface area (Å²) in [6, 6.07) is -0.115. The van der Waals surface area contributed by atoms with Gasteiger partial charge in [-0.15, -0.1) is 6.42 Å². The maximum absolute atomic E-state index is 10.7. The van der Waals surface area contributed by atoms with Crippen molar-refractivity contribution in [1.29, 1.82) is 0 Å². The zero-order valence-corrected chi connectivity index (χ0v) is 7.68. The van der Waals surface area contributed by atoms with Crippen LogP contribution in [0.25, 0.3) is 0 Å². The number of hydrogen-bond acceptors (Lipinski definition) is 3. The molecule has 1 atom stereocenters. The van der Waals surface area contributed by atoms with E-state index in [9.17, 15) is 4.79 Å². The van der Waals surface area contributed by atoms with Gasteiger partial charge >= 0.3 is 0 Å². The molecular formula is C9H16N2O. The van der Waals surface area contributed by atoms with E-state index < -0.39 is 0 Å². The van der Waals surface area contributed by atoms with Gasteiger partial charge < -0.3 is 10.6 Å². The monoisotopic (exact) mass is 168 g/mol. The van der Waals surface area contributed by atoms with Crippen molar-refractivity contribution in [3.63, 3.8) is 0 Å². The summed E-state index contributed by atoms with van der Waals surface area (Å²) in [7, 11) is 1.87. The maximum atomic E-state index is 10.7. The Kier molecular flexibility index (Phi) is 6.35. The number of carbonyl (C=O) groups excluding carboxylic acids is 1. The highest BCUT2D eigenvalue weighted by atomic mass is 16.1. The molecule has 12 heavy (non-hydrogen) atoms. The van der Waals surface area contributed by atoms with E-state index in [1.54, 1.807) is 6.92 Å². The van der Waals surface area contributed by atoms with Crippen molar-refractivity contribution in [3.8, 4) is 12.3 Å². The van der Waals surface area contributed by atoms with E-state index in [1.807, 2.05) is 7.05 Å². The molecule has 0 bridgehead atoms. The van der Waals surface area contributed by atoms with Gasteiger partial charge in [0.25, 0.3) is 0 Å². The van der Waals surface area contributed by atoms with Crippen molar-refractivity contribution >= 4 is 5.78 Å². The van der Waals surface area contributed by atoms with Gasteiger partial charge in [0.1, 0.15) is 5.78 Å². The molecule has 0 rings (SSSR count). The molecule has 0 aliphatic rings. The van der Waals surface area contributed by atoms with Crippen LogP contribution in [0, 0.1) is 12.3 Å². The fourth-order valence-electron chi connectivity index (χ4n) is 0.849. The molecule has 0 radical (unpaired) electrons. The Balaban J connectivity index is 3.55. The second-order valence-electron chi connectivity index (χ2n) is 2.68. The van der Waals surface area contributed by atoms with Crippen LogP contribution < -0.4 is 10.6 Å². The number of terminal acetylenes is 1. The summed E-state index contributed by atoms with van der Waals surface area (Å²) in [5.74, 6) is 2.65. The lowest BCUT2D eigenvalue weighted by Crippen LogP contribution is -2.34. The number of carbonyl (C=O) groups is 1.